The van der Waals surface area contributed by atoms with Gasteiger partial charge in [0.15, 0.2) is 0 Å². The second-order valence-electron chi connectivity index (χ2n) is 5.58. The highest BCUT2D eigenvalue weighted by molar-refractivity contribution is 9.10. The Hall–Kier alpha value is -1.56. The fraction of sp³-hybridized carbons (Fsp3) is 0.467. The molecule has 0 saturated carbocycles. The molecule has 2 amide bonds. The number of halogens is 1. The topological polar surface area (TPSA) is 69.6 Å². The van der Waals surface area contributed by atoms with Gasteiger partial charge in [0.25, 0.3) is 0 Å². The van der Waals surface area contributed by atoms with Crippen LogP contribution >= 0.6 is 15.9 Å². The lowest BCUT2D eigenvalue weighted by atomic mass is 9.89. The predicted molar refractivity (Wildman–Crippen MR) is 84.5 cm³/mol. The fourth-order valence-corrected chi connectivity index (χ4v) is 2.83. The van der Waals surface area contributed by atoms with Crippen molar-refractivity contribution in [2.24, 2.45) is 0 Å². The van der Waals surface area contributed by atoms with E-state index >= 15 is 0 Å². The number of hydrogen-bond donors (Lipinski definition) is 2. The van der Waals surface area contributed by atoms with Crippen LogP contribution in [0.5, 0.6) is 0 Å². The van der Waals surface area contributed by atoms with Crippen LogP contribution in [0.2, 0.25) is 0 Å². The van der Waals surface area contributed by atoms with Crippen LogP contribution in [-0.4, -0.2) is 34.1 Å². The molecule has 1 aliphatic rings. The van der Waals surface area contributed by atoms with E-state index in [4.69, 9.17) is 0 Å². The number of amides is 2. The molecule has 0 spiro atoms. The molecule has 1 aliphatic heterocycles. The van der Waals surface area contributed by atoms with Crippen molar-refractivity contribution in [2.75, 3.05) is 11.9 Å². The molecule has 5 nitrogen and oxygen atoms in total. The monoisotopic (exact) mass is 354 g/mol. The van der Waals surface area contributed by atoms with Gasteiger partial charge in [0, 0.05) is 16.7 Å². The molecule has 1 unspecified atom stereocenters. The van der Waals surface area contributed by atoms with Gasteiger partial charge in [-0.2, -0.15) is 0 Å². The van der Waals surface area contributed by atoms with E-state index in [0.29, 0.717) is 18.7 Å². The first kappa shape index (κ1) is 15.8. The number of carbonyl (C=O) groups excluding carboxylic acids is 1. The lowest BCUT2D eigenvalue weighted by molar-refractivity contribution is -0.150. The molecule has 0 bridgehead atoms. The van der Waals surface area contributed by atoms with Crippen molar-refractivity contribution < 1.29 is 14.7 Å². The van der Waals surface area contributed by atoms with Crippen LogP contribution in [0.4, 0.5) is 10.5 Å². The Kier molecular flexibility index (Phi) is 4.56. The van der Waals surface area contributed by atoms with Gasteiger partial charge in [-0.25, -0.2) is 9.59 Å². The summed E-state index contributed by atoms with van der Waals surface area (Å²) in [6, 6.07) is 5.14. The molecule has 1 fully saturated rings. The van der Waals surface area contributed by atoms with Crippen LogP contribution in [0, 0.1) is 6.92 Å². The zero-order valence-corrected chi connectivity index (χ0v) is 13.7. The molecule has 1 aromatic rings. The second kappa shape index (κ2) is 6.05. The summed E-state index contributed by atoms with van der Waals surface area (Å²) in [4.78, 5) is 25.4. The molecule has 114 valence electrons. The number of aliphatic carboxylic acids is 1. The van der Waals surface area contributed by atoms with Gasteiger partial charge in [-0.1, -0.05) is 15.9 Å². The van der Waals surface area contributed by atoms with Crippen LogP contribution in [-0.2, 0) is 4.79 Å². The van der Waals surface area contributed by atoms with Crippen LogP contribution < -0.4 is 5.32 Å². The number of nitrogens with zero attached hydrogens (tertiary/aromatic N) is 1. The van der Waals surface area contributed by atoms with E-state index in [2.05, 4.69) is 21.2 Å². The molecule has 21 heavy (non-hydrogen) atoms. The van der Waals surface area contributed by atoms with E-state index in [1.54, 1.807) is 13.0 Å². The third-order valence-electron chi connectivity index (χ3n) is 4.01. The van der Waals surface area contributed by atoms with Gasteiger partial charge in [-0.3, -0.25) is 0 Å². The summed E-state index contributed by atoms with van der Waals surface area (Å²) in [7, 11) is 0. The lowest BCUT2D eigenvalue weighted by Gasteiger charge is -2.41. The van der Waals surface area contributed by atoms with Crippen molar-refractivity contribution in [2.45, 2.75) is 38.6 Å². The van der Waals surface area contributed by atoms with Crippen molar-refractivity contribution in [3.63, 3.8) is 0 Å². The lowest BCUT2D eigenvalue weighted by Crippen LogP contribution is -2.58. The van der Waals surface area contributed by atoms with Crippen LogP contribution in [0.25, 0.3) is 0 Å². The predicted octanol–water partition coefficient (Wildman–Crippen LogP) is 3.62. The summed E-state index contributed by atoms with van der Waals surface area (Å²) in [5, 5.41) is 12.2. The van der Waals surface area contributed by atoms with Crippen LogP contribution in [0.3, 0.4) is 0 Å². The van der Waals surface area contributed by atoms with Crippen LogP contribution in [0.15, 0.2) is 22.7 Å². The highest BCUT2D eigenvalue weighted by Gasteiger charge is 2.43. The first-order valence-corrected chi connectivity index (χ1v) is 7.72. The fourth-order valence-electron chi connectivity index (χ4n) is 2.58. The molecule has 0 aromatic heterocycles. The first-order valence-electron chi connectivity index (χ1n) is 6.93. The first-order chi connectivity index (χ1) is 9.84. The third kappa shape index (κ3) is 3.20. The standard InChI is InChI=1S/C15H19BrN2O3/c1-10-9-11(5-6-12(10)16)17-14(21)18-8-4-3-7-15(18,2)13(19)20/h5-6,9H,3-4,7-8H2,1-2H3,(H,17,21)(H,19,20). The minimum absolute atomic E-state index is 0.360. The summed E-state index contributed by atoms with van der Waals surface area (Å²) < 4.78 is 0.967. The summed E-state index contributed by atoms with van der Waals surface area (Å²) in [5.41, 5.74) is 0.540. The van der Waals surface area contributed by atoms with Gasteiger partial charge in [0.1, 0.15) is 5.54 Å². The number of piperidine rings is 1. The maximum Gasteiger partial charge on any atom is 0.329 e. The second-order valence-corrected chi connectivity index (χ2v) is 6.44. The maximum atomic E-state index is 12.4. The maximum absolute atomic E-state index is 12.4. The van der Waals surface area contributed by atoms with Gasteiger partial charge >= 0.3 is 12.0 Å². The number of aryl methyl sites for hydroxylation is 1. The van der Waals surface area contributed by atoms with E-state index in [1.165, 1.54) is 4.90 Å². The Morgan fingerprint density at radius 3 is 2.71 bits per heavy atom. The minimum atomic E-state index is -1.13. The Balaban J connectivity index is 2.18. The Bertz CT molecular complexity index is 576. The molecule has 2 rings (SSSR count). The van der Waals surface area contributed by atoms with Crippen molar-refractivity contribution >= 4 is 33.6 Å². The van der Waals surface area contributed by atoms with E-state index in [9.17, 15) is 14.7 Å². The van der Waals surface area contributed by atoms with E-state index in [1.807, 2.05) is 19.1 Å². The molecule has 1 aromatic carbocycles. The van der Waals surface area contributed by atoms with E-state index < -0.39 is 11.5 Å². The summed E-state index contributed by atoms with van der Waals surface area (Å²) >= 11 is 3.41. The summed E-state index contributed by atoms with van der Waals surface area (Å²) in [6.07, 6.45) is 2.13. The van der Waals surface area contributed by atoms with Crippen molar-refractivity contribution in [1.82, 2.24) is 4.90 Å². The molecule has 1 heterocycles. The SMILES string of the molecule is Cc1cc(NC(=O)N2CCCCC2(C)C(=O)O)ccc1Br. The molecular formula is C15H19BrN2O3. The van der Waals surface area contributed by atoms with Crippen molar-refractivity contribution in [3.8, 4) is 0 Å². The highest BCUT2D eigenvalue weighted by atomic mass is 79.9. The zero-order valence-electron chi connectivity index (χ0n) is 12.1. The number of nitrogens with one attached hydrogen (secondary N) is 1. The third-order valence-corrected chi connectivity index (χ3v) is 4.90. The number of hydrogen-bond acceptors (Lipinski definition) is 2. The normalized spacial score (nSPS) is 22.0. The Morgan fingerprint density at radius 2 is 2.10 bits per heavy atom. The highest BCUT2D eigenvalue weighted by Crippen LogP contribution is 2.29. The van der Waals surface area contributed by atoms with E-state index in [-0.39, 0.29) is 6.03 Å². The number of anilines is 1. The number of urea groups is 1. The number of carbonyl (C=O) groups is 2. The molecule has 1 saturated heterocycles. The largest absolute Gasteiger partial charge is 0.480 e. The number of carboxylic acid groups (broad SMARTS) is 1. The Labute approximate surface area is 132 Å². The van der Waals surface area contributed by atoms with Gasteiger partial charge in [-0.15, -0.1) is 0 Å². The minimum Gasteiger partial charge on any atom is -0.480 e. The summed E-state index contributed by atoms with van der Waals surface area (Å²) in [6.45, 7) is 4.01. The quantitative estimate of drug-likeness (QED) is 0.851. The smallest absolute Gasteiger partial charge is 0.329 e. The molecule has 0 aliphatic carbocycles. The molecule has 1 atom stereocenters. The average Bonchev–Trinajstić information content (AvgIpc) is 2.43. The van der Waals surface area contributed by atoms with Gasteiger partial charge in [0.2, 0.25) is 0 Å². The Morgan fingerprint density at radius 1 is 1.38 bits per heavy atom. The molecule has 0 radical (unpaired) electrons. The van der Waals surface area contributed by atoms with Gasteiger partial charge in [-0.05, 0) is 56.9 Å². The molecular weight excluding hydrogens is 336 g/mol. The number of likely N-dealkylation sites (tertiary alicyclic amines) is 1. The van der Waals surface area contributed by atoms with Crippen molar-refractivity contribution in [1.29, 1.82) is 0 Å². The number of rotatable bonds is 2. The van der Waals surface area contributed by atoms with Gasteiger partial charge in [0.05, 0.1) is 0 Å². The number of benzene rings is 1. The zero-order chi connectivity index (χ0) is 15.6. The van der Waals surface area contributed by atoms with Gasteiger partial charge < -0.3 is 15.3 Å². The summed E-state index contributed by atoms with van der Waals surface area (Å²) in [5.74, 6) is -0.954. The molecule has 2 N–H and O–H groups in total. The van der Waals surface area contributed by atoms with Crippen molar-refractivity contribution in [3.05, 3.63) is 28.2 Å². The van der Waals surface area contributed by atoms with E-state index in [0.717, 1.165) is 22.9 Å². The number of carboxylic acids is 1. The van der Waals surface area contributed by atoms with Crippen LogP contribution in [0.1, 0.15) is 31.7 Å². The average molecular weight is 355 g/mol. The molecule has 6 heteroatoms.